The Labute approximate surface area is 119 Å². The van der Waals surface area contributed by atoms with E-state index in [0.717, 1.165) is 12.9 Å². The molecule has 0 fully saturated rings. The minimum absolute atomic E-state index is 0.403. The summed E-state index contributed by atoms with van der Waals surface area (Å²) in [5, 5.41) is 11.2. The van der Waals surface area contributed by atoms with Crippen molar-refractivity contribution in [2.24, 2.45) is 0 Å². The smallest absolute Gasteiger partial charge is 0.193 e. The van der Waals surface area contributed by atoms with Crippen molar-refractivity contribution in [3.8, 4) is 0 Å². The fraction of sp³-hybridized carbons (Fsp3) is 0.867. The Balaban J connectivity index is 2.45. The summed E-state index contributed by atoms with van der Waals surface area (Å²) in [6.45, 7) is 6.98. The van der Waals surface area contributed by atoms with E-state index in [9.17, 15) is 0 Å². The first-order chi connectivity index (χ1) is 9.20. The number of unbranched alkanes of at least 4 members (excludes halogenated alkanes) is 5. The molecule has 1 atom stereocenters. The molecular weight excluding hydrogens is 233 g/mol. The number of nitrogens with zero attached hydrogens (tertiary/aromatic N) is 2. The molecule has 0 spiro atoms. The number of aromatic amines is 1. The van der Waals surface area contributed by atoms with Crippen LogP contribution < -0.4 is 5.59 Å². The Kier molecular flexibility index (Phi) is 7.84. The van der Waals surface area contributed by atoms with Crippen molar-refractivity contribution in [3.63, 3.8) is 0 Å². The molecule has 4 heteroatoms. The van der Waals surface area contributed by atoms with Crippen LogP contribution >= 0.6 is 0 Å². The van der Waals surface area contributed by atoms with E-state index in [1.807, 2.05) is 6.20 Å². The monoisotopic (exact) mass is 263 g/mol. The number of hydrogen-bond donors (Lipinski definition) is 1. The van der Waals surface area contributed by atoms with Gasteiger partial charge in [-0.2, -0.15) is 0 Å². The summed E-state index contributed by atoms with van der Waals surface area (Å²) in [5.41, 5.74) is 1.12. The lowest BCUT2D eigenvalue weighted by Crippen LogP contribution is -2.29. The molecule has 0 aliphatic carbocycles. The SMILES string of the molecule is CCCCCCC(C)(Bc1c[nH]nn1)CCCCC. The highest BCUT2D eigenvalue weighted by atomic mass is 15.3. The van der Waals surface area contributed by atoms with Gasteiger partial charge in [-0.25, -0.2) is 0 Å². The van der Waals surface area contributed by atoms with Crippen LogP contribution in [-0.2, 0) is 0 Å². The van der Waals surface area contributed by atoms with Crippen LogP contribution in [-0.4, -0.2) is 22.7 Å². The van der Waals surface area contributed by atoms with Crippen LogP contribution in [0.5, 0.6) is 0 Å². The zero-order chi connectivity index (χ0) is 14.0. The molecule has 108 valence electrons. The Morgan fingerprint density at radius 1 is 1.05 bits per heavy atom. The van der Waals surface area contributed by atoms with Gasteiger partial charge in [0.15, 0.2) is 7.28 Å². The highest BCUT2D eigenvalue weighted by molar-refractivity contribution is 6.55. The average molecular weight is 263 g/mol. The third kappa shape index (κ3) is 6.79. The van der Waals surface area contributed by atoms with Gasteiger partial charge in [0.25, 0.3) is 0 Å². The number of rotatable bonds is 11. The normalized spacial score (nSPS) is 14.3. The van der Waals surface area contributed by atoms with Gasteiger partial charge in [-0.15, -0.1) is 5.10 Å². The van der Waals surface area contributed by atoms with Gasteiger partial charge in [0, 0.05) is 11.8 Å². The lowest BCUT2D eigenvalue weighted by molar-refractivity contribution is 0.455. The first-order valence-electron chi connectivity index (χ1n) is 8.05. The van der Waals surface area contributed by atoms with Crippen LogP contribution in [0, 0.1) is 0 Å². The number of H-pyrrole nitrogens is 1. The van der Waals surface area contributed by atoms with Gasteiger partial charge < -0.3 is 0 Å². The zero-order valence-electron chi connectivity index (χ0n) is 13.0. The van der Waals surface area contributed by atoms with Crippen molar-refractivity contribution in [1.82, 2.24) is 15.4 Å². The highest BCUT2D eigenvalue weighted by Gasteiger charge is 2.26. The van der Waals surface area contributed by atoms with Crippen molar-refractivity contribution in [1.29, 1.82) is 0 Å². The third-order valence-corrected chi connectivity index (χ3v) is 4.09. The van der Waals surface area contributed by atoms with Crippen molar-refractivity contribution in [2.45, 2.75) is 83.9 Å². The molecule has 0 aliphatic heterocycles. The quantitative estimate of drug-likeness (QED) is 0.489. The third-order valence-electron chi connectivity index (χ3n) is 4.09. The van der Waals surface area contributed by atoms with E-state index in [0.29, 0.717) is 5.31 Å². The Bertz CT molecular complexity index is 313. The van der Waals surface area contributed by atoms with Crippen LogP contribution in [0.1, 0.15) is 78.6 Å². The van der Waals surface area contributed by atoms with Crippen LogP contribution in [0.3, 0.4) is 0 Å². The molecule has 0 saturated heterocycles. The molecule has 0 aliphatic rings. The van der Waals surface area contributed by atoms with E-state index in [-0.39, 0.29) is 0 Å². The van der Waals surface area contributed by atoms with Gasteiger partial charge in [-0.05, 0) is 0 Å². The van der Waals surface area contributed by atoms with E-state index >= 15 is 0 Å². The van der Waals surface area contributed by atoms with Gasteiger partial charge in [0.1, 0.15) is 0 Å². The van der Waals surface area contributed by atoms with Gasteiger partial charge in [0.2, 0.25) is 0 Å². The first kappa shape index (κ1) is 16.3. The van der Waals surface area contributed by atoms with Gasteiger partial charge in [-0.1, -0.05) is 89.1 Å². The maximum absolute atomic E-state index is 4.17. The molecule has 19 heavy (non-hydrogen) atoms. The van der Waals surface area contributed by atoms with E-state index in [4.69, 9.17) is 0 Å². The number of aromatic nitrogens is 3. The maximum atomic E-state index is 4.17. The fourth-order valence-corrected chi connectivity index (χ4v) is 2.83. The van der Waals surface area contributed by atoms with Crippen molar-refractivity contribution in [3.05, 3.63) is 6.20 Å². The summed E-state index contributed by atoms with van der Waals surface area (Å²) in [6.07, 6.45) is 14.0. The standard InChI is InChI=1S/C15H30BN3/c1-4-6-8-10-12-15(3,11-9-7-5-2)16-14-13-17-19-18-14/h13,16H,4-12H2,1-3H3,(H,17,18,19). The molecule has 0 aromatic carbocycles. The second kappa shape index (κ2) is 9.16. The van der Waals surface area contributed by atoms with Crippen molar-refractivity contribution >= 4 is 12.9 Å². The largest absolute Gasteiger partial charge is 0.266 e. The Morgan fingerprint density at radius 3 is 2.26 bits per heavy atom. The lowest BCUT2D eigenvalue weighted by Gasteiger charge is -2.28. The second-order valence-electron chi connectivity index (χ2n) is 6.22. The number of nitrogens with one attached hydrogen (secondary N) is 1. The predicted octanol–water partition coefficient (Wildman–Crippen LogP) is 3.60. The lowest BCUT2D eigenvalue weighted by atomic mass is 9.48. The molecular formula is C15H30BN3. The van der Waals surface area contributed by atoms with Crippen LogP contribution in [0.25, 0.3) is 0 Å². The molecule has 1 heterocycles. The molecule has 1 aromatic rings. The predicted molar refractivity (Wildman–Crippen MR) is 84.4 cm³/mol. The summed E-state index contributed by atoms with van der Waals surface area (Å²) in [5.74, 6) is 0. The molecule has 3 nitrogen and oxygen atoms in total. The fourth-order valence-electron chi connectivity index (χ4n) is 2.83. The van der Waals surface area contributed by atoms with E-state index in [1.165, 1.54) is 57.8 Å². The van der Waals surface area contributed by atoms with E-state index < -0.39 is 0 Å². The Hall–Kier alpha value is -0.795. The molecule has 1 rings (SSSR count). The summed E-state index contributed by atoms with van der Waals surface area (Å²) in [4.78, 5) is 0. The molecule has 0 saturated carbocycles. The van der Waals surface area contributed by atoms with Crippen LogP contribution in [0.4, 0.5) is 0 Å². The van der Waals surface area contributed by atoms with Crippen LogP contribution in [0.2, 0.25) is 5.31 Å². The summed E-state index contributed by atoms with van der Waals surface area (Å²) >= 11 is 0. The molecule has 1 aromatic heterocycles. The van der Waals surface area contributed by atoms with E-state index in [2.05, 4.69) is 36.2 Å². The molecule has 0 amide bonds. The highest BCUT2D eigenvalue weighted by Crippen LogP contribution is 2.37. The van der Waals surface area contributed by atoms with Crippen molar-refractivity contribution < 1.29 is 0 Å². The summed E-state index contributed by atoms with van der Waals surface area (Å²) < 4.78 is 0. The van der Waals surface area contributed by atoms with E-state index in [1.54, 1.807) is 0 Å². The summed E-state index contributed by atoms with van der Waals surface area (Å²) in [7, 11) is 1.07. The zero-order valence-corrected chi connectivity index (χ0v) is 13.0. The summed E-state index contributed by atoms with van der Waals surface area (Å²) in [6, 6.07) is 0. The second-order valence-corrected chi connectivity index (χ2v) is 6.22. The Morgan fingerprint density at radius 2 is 1.68 bits per heavy atom. The van der Waals surface area contributed by atoms with Gasteiger partial charge in [0.05, 0.1) is 0 Å². The topological polar surface area (TPSA) is 41.6 Å². The average Bonchev–Trinajstić information content (AvgIpc) is 2.88. The van der Waals surface area contributed by atoms with Crippen LogP contribution in [0.15, 0.2) is 6.20 Å². The first-order valence-corrected chi connectivity index (χ1v) is 8.05. The van der Waals surface area contributed by atoms with Gasteiger partial charge in [-0.3, -0.25) is 5.10 Å². The molecule has 1 unspecified atom stereocenters. The van der Waals surface area contributed by atoms with Gasteiger partial charge >= 0.3 is 0 Å². The molecule has 1 N–H and O–H groups in total. The number of hydrogen-bond acceptors (Lipinski definition) is 2. The molecule has 0 bridgehead atoms. The minimum atomic E-state index is 0.403. The maximum Gasteiger partial charge on any atom is 0.193 e. The van der Waals surface area contributed by atoms with Crippen molar-refractivity contribution in [2.75, 3.05) is 0 Å². The minimum Gasteiger partial charge on any atom is -0.266 e. The molecule has 0 radical (unpaired) electrons.